The summed E-state index contributed by atoms with van der Waals surface area (Å²) in [5.74, 6) is -1.49. The SMILES string of the molecule is CC(=O)N/N=C1\NC(=O)[C@H](CC(=O)Nc2ccc(F)cc2)S1. The second-order valence-electron chi connectivity index (χ2n) is 4.44. The number of amides is 3. The van der Waals surface area contributed by atoms with Crippen molar-refractivity contribution in [3.63, 3.8) is 0 Å². The molecule has 3 amide bonds. The number of anilines is 1. The van der Waals surface area contributed by atoms with E-state index in [0.717, 1.165) is 11.8 Å². The first-order chi connectivity index (χ1) is 10.4. The molecule has 1 saturated heterocycles. The van der Waals surface area contributed by atoms with Crippen molar-refractivity contribution in [3.8, 4) is 0 Å². The number of benzene rings is 1. The Hall–Kier alpha value is -2.42. The Morgan fingerprint density at radius 1 is 1.36 bits per heavy atom. The number of halogens is 1. The summed E-state index contributed by atoms with van der Waals surface area (Å²) in [6.07, 6.45) is -0.0625. The van der Waals surface area contributed by atoms with Crippen LogP contribution in [0.4, 0.5) is 10.1 Å². The van der Waals surface area contributed by atoms with Crippen LogP contribution in [0.25, 0.3) is 0 Å². The molecule has 116 valence electrons. The molecule has 1 aliphatic rings. The van der Waals surface area contributed by atoms with Crippen molar-refractivity contribution < 1.29 is 18.8 Å². The van der Waals surface area contributed by atoms with Gasteiger partial charge in [0.15, 0.2) is 5.17 Å². The van der Waals surface area contributed by atoms with Crippen LogP contribution in [0.1, 0.15) is 13.3 Å². The monoisotopic (exact) mass is 324 g/mol. The topological polar surface area (TPSA) is 99.7 Å². The summed E-state index contributed by atoms with van der Waals surface area (Å²) in [5, 5.41) is 8.34. The molecule has 0 aliphatic carbocycles. The number of rotatable bonds is 4. The Labute approximate surface area is 129 Å². The molecule has 1 fully saturated rings. The summed E-state index contributed by atoms with van der Waals surface area (Å²) >= 11 is 1.06. The van der Waals surface area contributed by atoms with Crippen molar-refractivity contribution in [2.45, 2.75) is 18.6 Å². The smallest absolute Gasteiger partial charge is 0.240 e. The molecular weight excluding hydrogens is 311 g/mol. The lowest BCUT2D eigenvalue weighted by molar-refractivity contribution is -0.122. The van der Waals surface area contributed by atoms with Gasteiger partial charge in [-0.25, -0.2) is 9.82 Å². The minimum atomic E-state index is -0.632. The molecule has 22 heavy (non-hydrogen) atoms. The van der Waals surface area contributed by atoms with E-state index in [0.29, 0.717) is 5.69 Å². The number of carbonyl (C=O) groups is 3. The van der Waals surface area contributed by atoms with Gasteiger partial charge in [0.2, 0.25) is 17.7 Å². The van der Waals surface area contributed by atoms with Crippen LogP contribution in [0.15, 0.2) is 29.4 Å². The van der Waals surface area contributed by atoms with E-state index in [1.54, 1.807) is 0 Å². The Bertz CT molecular complexity index is 633. The van der Waals surface area contributed by atoms with Crippen LogP contribution in [0.2, 0.25) is 0 Å². The van der Waals surface area contributed by atoms with Crippen LogP contribution in [0.5, 0.6) is 0 Å². The molecule has 0 saturated carbocycles. The lowest BCUT2D eigenvalue weighted by atomic mass is 10.2. The quantitative estimate of drug-likeness (QED) is 0.713. The summed E-state index contributed by atoms with van der Waals surface area (Å²) in [6, 6.07) is 5.31. The highest BCUT2D eigenvalue weighted by molar-refractivity contribution is 8.15. The van der Waals surface area contributed by atoms with Gasteiger partial charge < -0.3 is 10.6 Å². The standard InChI is InChI=1S/C13H13FN4O3S/c1-7(19)17-18-13-16-12(21)10(22-13)6-11(20)15-9-4-2-8(14)3-5-9/h2-5,10H,6H2,1H3,(H,15,20)(H,17,19)(H,16,18,21)/t10-/m0/s1. The molecule has 9 heteroatoms. The van der Waals surface area contributed by atoms with Crippen LogP contribution in [0, 0.1) is 5.82 Å². The minimum Gasteiger partial charge on any atom is -0.326 e. The number of nitrogens with zero attached hydrogens (tertiary/aromatic N) is 1. The van der Waals surface area contributed by atoms with Gasteiger partial charge in [-0.1, -0.05) is 11.8 Å². The molecule has 3 N–H and O–H groups in total. The summed E-state index contributed by atoms with van der Waals surface area (Å²) in [7, 11) is 0. The van der Waals surface area contributed by atoms with E-state index >= 15 is 0 Å². The number of amidine groups is 1. The Kier molecular flexibility index (Phi) is 5.10. The number of nitrogens with one attached hydrogen (secondary N) is 3. The molecule has 1 aromatic carbocycles. The Morgan fingerprint density at radius 3 is 2.68 bits per heavy atom. The zero-order valence-corrected chi connectivity index (χ0v) is 12.4. The molecule has 0 aromatic heterocycles. The van der Waals surface area contributed by atoms with Crippen molar-refractivity contribution in [1.82, 2.24) is 10.7 Å². The van der Waals surface area contributed by atoms with Gasteiger partial charge in [-0.15, -0.1) is 5.10 Å². The van der Waals surface area contributed by atoms with Gasteiger partial charge >= 0.3 is 0 Å². The minimum absolute atomic E-state index is 0.0625. The summed E-state index contributed by atoms with van der Waals surface area (Å²) in [4.78, 5) is 34.3. The molecule has 2 rings (SSSR count). The average molecular weight is 324 g/mol. The van der Waals surface area contributed by atoms with Gasteiger partial charge in [-0.3, -0.25) is 14.4 Å². The van der Waals surface area contributed by atoms with Crippen LogP contribution < -0.4 is 16.1 Å². The molecule has 1 atom stereocenters. The first-order valence-corrected chi connectivity index (χ1v) is 7.19. The Balaban J connectivity index is 1.89. The third-order valence-corrected chi connectivity index (χ3v) is 3.67. The van der Waals surface area contributed by atoms with Crippen LogP contribution in [-0.2, 0) is 14.4 Å². The van der Waals surface area contributed by atoms with Crippen LogP contribution in [-0.4, -0.2) is 28.1 Å². The molecule has 0 radical (unpaired) electrons. The molecule has 1 heterocycles. The molecular formula is C13H13FN4O3S. The maximum Gasteiger partial charge on any atom is 0.240 e. The molecule has 7 nitrogen and oxygen atoms in total. The van der Waals surface area contributed by atoms with Gasteiger partial charge in [-0.05, 0) is 24.3 Å². The number of thioether (sulfide) groups is 1. The largest absolute Gasteiger partial charge is 0.326 e. The third-order valence-electron chi connectivity index (χ3n) is 2.59. The number of hydrogen-bond acceptors (Lipinski definition) is 5. The van der Waals surface area contributed by atoms with E-state index < -0.39 is 11.1 Å². The van der Waals surface area contributed by atoms with Crippen molar-refractivity contribution in [1.29, 1.82) is 0 Å². The first kappa shape index (κ1) is 16.0. The molecule has 0 spiro atoms. The van der Waals surface area contributed by atoms with Gasteiger partial charge in [0.1, 0.15) is 11.1 Å². The van der Waals surface area contributed by atoms with E-state index in [-0.39, 0.29) is 29.3 Å². The fourth-order valence-corrected chi connectivity index (χ4v) is 2.56. The number of carbonyl (C=O) groups excluding carboxylic acids is 3. The van der Waals surface area contributed by atoms with Crippen molar-refractivity contribution in [3.05, 3.63) is 30.1 Å². The lowest BCUT2D eigenvalue weighted by Gasteiger charge is -2.07. The highest BCUT2D eigenvalue weighted by atomic mass is 32.2. The second-order valence-corrected chi connectivity index (χ2v) is 5.63. The molecule has 0 unspecified atom stereocenters. The van der Waals surface area contributed by atoms with Crippen molar-refractivity contribution in [2.24, 2.45) is 5.10 Å². The normalized spacial score (nSPS) is 18.9. The fraction of sp³-hybridized carbons (Fsp3) is 0.231. The van der Waals surface area contributed by atoms with E-state index in [1.165, 1.54) is 31.2 Å². The van der Waals surface area contributed by atoms with Crippen molar-refractivity contribution >= 4 is 40.3 Å². The molecule has 0 bridgehead atoms. The van der Waals surface area contributed by atoms with E-state index in [2.05, 4.69) is 21.2 Å². The van der Waals surface area contributed by atoms with Gasteiger partial charge in [-0.2, -0.15) is 0 Å². The van der Waals surface area contributed by atoms with Gasteiger partial charge in [0.25, 0.3) is 0 Å². The predicted octanol–water partition coefficient (Wildman–Crippen LogP) is 0.793. The van der Waals surface area contributed by atoms with Gasteiger partial charge in [0.05, 0.1) is 0 Å². The summed E-state index contributed by atoms with van der Waals surface area (Å²) in [5.41, 5.74) is 2.65. The lowest BCUT2D eigenvalue weighted by Crippen LogP contribution is -2.28. The van der Waals surface area contributed by atoms with E-state index in [1.807, 2.05) is 0 Å². The summed E-state index contributed by atoms with van der Waals surface area (Å²) < 4.78 is 12.8. The molecule has 1 aromatic rings. The average Bonchev–Trinajstić information content (AvgIpc) is 2.79. The predicted molar refractivity (Wildman–Crippen MR) is 80.4 cm³/mol. The highest BCUT2D eigenvalue weighted by Crippen LogP contribution is 2.22. The molecule has 1 aliphatic heterocycles. The number of hydrogen-bond donors (Lipinski definition) is 3. The maximum absolute atomic E-state index is 12.8. The maximum atomic E-state index is 12.8. The zero-order valence-electron chi connectivity index (χ0n) is 11.6. The van der Waals surface area contributed by atoms with Gasteiger partial charge in [0, 0.05) is 19.0 Å². The second kappa shape index (κ2) is 7.03. The number of hydrazone groups is 1. The third kappa shape index (κ3) is 4.55. The first-order valence-electron chi connectivity index (χ1n) is 6.31. The van der Waals surface area contributed by atoms with Crippen molar-refractivity contribution in [2.75, 3.05) is 5.32 Å². The highest BCUT2D eigenvalue weighted by Gasteiger charge is 2.32. The summed E-state index contributed by atoms with van der Waals surface area (Å²) in [6.45, 7) is 1.29. The fourth-order valence-electron chi connectivity index (χ4n) is 1.64. The zero-order chi connectivity index (χ0) is 16.1. The van der Waals surface area contributed by atoms with E-state index in [4.69, 9.17) is 0 Å². The van der Waals surface area contributed by atoms with Crippen LogP contribution in [0.3, 0.4) is 0 Å². The van der Waals surface area contributed by atoms with E-state index in [9.17, 15) is 18.8 Å². The van der Waals surface area contributed by atoms with Crippen LogP contribution >= 0.6 is 11.8 Å². The Morgan fingerprint density at radius 2 is 2.05 bits per heavy atom.